The second kappa shape index (κ2) is 6.56. The van der Waals surface area contributed by atoms with E-state index in [-0.39, 0.29) is 10.7 Å². The Labute approximate surface area is 112 Å². The summed E-state index contributed by atoms with van der Waals surface area (Å²) in [6.07, 6.45) is 4.44. The van der Waals surface area contributed by atoms with Crippen molar-refractivity contribution in [3.05, 3.63) is 0 Å². The maximum atomic E-state index is 11.1. The van der Waals surface area contributed by atoms with E-state index in [1.165, 1.54) is 7.11 Å². The van der Waals surface area contributed by atoms with Gasteiger partial charge < -0.3 is 15.4 Å². The summed E-state index contributed by atoms with van der Waals surface area (Å²) in [6, 6.07) is 0. The van der Waals surface area contributed by atoms with Gasteiger partial charge in [0, 0.05) is 6.54 Å². The predicted octanol–water partition coefficient (Wildman–Crippen LogP) is 1.03. The average Bonchev–Trinajstić information content (AvgIpc) is 2.36. The van der Waals surface area contributed by atoms with E-state index in [0.29, 0.717) is 11.4 Å². The zero-order chi connectivity index (χ0) is 12.9. The quantitative estimate of drug-likeness (QED) is 0.598. The van der Waals surface area contributed by atoms with Crippen LogP contribution in [0.4, 0.5) is 0 Å². The minimum atomic E-state index is -0.152. The van der Waals surface area contributed by atoms with E-state index in [9.17, 15) is 4.79 Å². The lowest BCUT2D eigenvalue weighted by Crippen LogP contribution is -2.49. The summed E-state index contributed by atoms with van der Waals surface area (Å²) in [5, 5.41) is 0. The third kappa shape index (κ3) is 3.82. The molecule has 1 aliphatic rings. The SMILES string of the molecule is COC(=O)CCN1CCC(SC)(C(N)=S)CC1. The number of methoxy groups -OCH3 is 1. The molecule has 98 valence electrons. The number of nitrogens with two attached hydrogens (primary N) is 1. The smallest absolute Gasteiger partial charge is 0.306 e. The molecule has 1 heterocycles. The summed E-state index contributed by atoms with van der Waals surface area (Å²) < 4.78 is 4.59. The first-order chi connectivity index (χ1) is 8.04. The normalized spacial score (nSPS) is 19.9. The molecule has 2 N–H and O–H groups in total. The molecule has 0 aromatic rings. The van der Waals surface area contributed by atoms with Crippen LogP contribution >= 0.6 is 24.0 Å². The lowest BCUT2D eigenvalue weighted by molar-refractivity contribution is -0.141. The maximum Gasteiger partial charge on any atom is 0.306 e. The highest BCUT2D eigenvalue weighted by molar-refractivity contribution is 8.02. The molecule has 1 saturated heterocycles. The van der Waals surface area contributed by atoms with Gasteiger partial charge in [0.1, 0.15) is 0 Å². The second-order valence-corrected chi connectivity index (χ2v) is 5.86. The molecule has 1 fully saturated rings. The third-order valence-electron chi connectivity index (χ3n) is 3.36. The fourth-order valence-electron chi connectivity index (χ4n) is 2.04. The van der Waals surface area contributed by atoms with Crippen molar-refractivity contribution in [1.82, 2.24) is 4.90 Å². The summed E-state index contributed by atoms with van der Waals surface area (Å²) in [5.74, 6) is -0.152. The number of thiocarbonyl (C=S) groups is 1. The van der Waals surface area contributed by atoms with Crippen LogP contribution in [-0.2, 0) is 9.53 Å². The van der Waals surface area contributed by atoms with E-state index >= 15 is 0 Å². The lowest BCUT2D eigenvalue weighted by atomic mass is 9.95. The van der Waals surface area contributed by atoms with E-state index in [0.717, 1.165) is 32.5 Å². The van der Waals surface area contributed by atoms with Crippen LogP contribution in [0.1, 0.15) is 19.3 Å². The molecule has 0 atom stereocenters. The molecule has 1 aliphatic heterocycles. The van der Waals surface area contributed by atoms with Gasteiger partial charge in [-0.3, -0.25) is 4.79 Å². The molecule has 17 heavy (non-hydrogen) atoms. The van der Waals surface area contributed by atoms with Crippen LogP contribution in [-0.4, -0.2) is 53.6 Å². The van der Waals surface area contributed by atoms with E-state index < -0.39 is 0 Å². The number of hydrogen-bond acceptors (Lipinski definition) is 5. The van der Waals surface area contributed by atoms with E-state index in [1.807, 2.05) is 0 Å². The number of carbonyl (C=O) groups excluding carboxylic acids is 1. The number of thioether (sulfide) groups is 1. The van der Waals surface area contributed by atoms with E-state index in [1.54, 1.807) is 11.8 Å². The van der Waals surface area contributed by atoms with Gasteiger partial charge in [-0.1, -0.05) is 12.2 Å². The summed E-state index contributed by atoms with van der Waals surface area (Å²) >= 11 is 6.90. The molecule has 0 bridgehead atoms. The first-order valence-electron chi connectivity index (χ1n) is 5.68. The van der Waals surface area contributed by atoms with Gasteiger partial charge in [0.15, 0.2) is 0 Å². The number of esters is 1. The van der Waals surface area contributed by atoms with Crippen LogP contribution in [0.5, 0.6) is 0 Å². The zero-order valence-electron chi connectivity index (χ0n) is 10.4. The number of ether oxygens (including phenoxy) is 1. The molecule has 0 unspecified atom stereocenters. The van der Waals surface area contributed by atoms with Crippen molar-refractivity contribution in [2.24, 2.45) is 5.73 Å². The Kier molecular flexibility index (Phi) is 5.69. The van der Waals surface area contributed by atoms with Gasteiger partial charge in [-0.05, 0) is 32.2 Å². The largest absolute Gasteiger partial charge is 0.469 e. The highest BCUT2D eigenvalue weighted by Gasteiger charge is 2.36. The molecule has 0 aromatic carbocycles. The van der Waals surface area contributed by atoms with Gasteiger partial charge >= 0.3 is 5.97 Å². The number of nitrogens with zero attached hydrogens (tertiary/aromatic N) is 1. The molecule has 0 amide bonds. The monoisotopic (exact) mass is 276 g/mol. The number of carbonyl (C=O) groups is 1. The highest BCUT2D eigenvalue weighted by atomic mass is 32.2. The van der Waals surface area contributed by atoms with Gasteiger partial charge in [0.2, 0.25) is 0 Å². The Balaban J connectivity index is 2.39. The minimum absolute atomic E-state index is 0.0445. The molecule has 0 aromatic heterocycles. The van der Waals surface area contributed by atoms with E-state index in [2.05, 4.69) is 15.9 Å². The van der Waals surface area contributed by atoms with Crippen molar-refractivity contribution in [2.45, 2.75) is 24.0 Å². The number of likely N-dealkylation sites (tertiary alicyclic amines) is 1. The molecule has 0 saturated carbocycles. The van der Waals surface area contributed by atoms with Gasteiger partial charge in [-0.25, -0.2) is 0 Å². The topological polar surface area (TPSA) is 55.6 Å². The summed E-state index contributed by atoms with van der Waals surface area (Å²) in [7, 11) is 1.42. The van der Waals surface area contributed by atoms with Crippen molar-refractivity contribution in [3.8, 4) is 0 Å². The molecule has 0 spiro atoms. The van der Waals surface area contributed by atoms with Gasteiger partial charge in [-0.2, -0.15) is 11.8 Å². The zero-order valence-corrected chi connectivity index (χ0v) is 12.0. The number of piperidine rings is 1. The average molecular weight is 276 g/mol. The molecule has 6 heteroatoms. The molecule has 0 radical (unpaired) electrons. The molecule has 1 rings (SSSR count). The van der Waals surface area contributed by atoms with Crippen LogP contribution < -0.4 is 5.73 Å². The van der Waals surface area contributed by atoms with Crippen LogP contribution in [0.25, 0.3) is 0 Å². The third-order valence-corrected chi connectivity index (χ3v) is 5.29. The summed E-state index contributed by atoms with van der Waals surface area (Å²) in [4.78, 5) is 13.9. The van der Waals surface area contributed by atoms with Crippen LogP contribution in [0.2, 0.25) is 0 Å². The maximum absolute atomic E-state index is 11.1. The van der Waals surface area contributed by atoms with Crippen LogP contribution in [0, 0.1) is 0 Å². The summed E-state index contributed by atoms with van der Waals surface area (Å²) in [6.45, 7) is 2.64. The Morgan fingerprint density at radius 3 is 2.53 bits per heavy atom. The molecular formula is C11H20N2O2S2. The Morgan fingerprint density at radius 2 is 2.12 bits per heavy atom. The fraction of sp³-hybridized carbons (Fsp3) is 0.818. The minimum Gasteiger partial charge on any atom is -0.469 e. The first kappa shape index (κ1) is 14.7. The standard InChI is InChI=1S/C11H20N2O2S2/c1-15-9(14)3-6-13-7-4-11(17-2,5-8-13)10(12)16/h3-8H2,1-2H3,(H2,12,16). The van der Waals surface area contributed by atoms with Crippen molar-refractivity contribution in [1.29, 1.82) is 0 Å². The van der Waals surface area contributed by atoms with Gasteiger partial charge in [0.05, 0.1) is 23.3 Å². The Morgan fingerprint density at radius 1 is 1.53 bits per heavy atom. The first-order valence-corrected chi connectivity index (χ1v) is 7.31. The van der Waals surface area contributed by atoms with Crippen LogP contribution in [0.15, 0.2) is 0 Å². The Bertz CT molecular complexity index is 289. The second-order valence-electron chi connectivity index (χ2n) is 4.23. The van der Waals surface area contributed by atoms with Crippen LogP contribution in [0.3, 0.4) is 0 Å². The van der Waals surface area contributed by atoms with Gasteiger partial charge in [0.25, 0.3) is 0 Å². The molecular weight excluding hydrogens is 256 g/mol. The highest BCUT2D eigenvalue weighted by Crippen LogP contribution is 2.34. The fourth-order valence-corrected chi connectivity index (χ4v) is 3.29. The number of hydrogen-bond donors (Lipinski definition) is 1. The lowest BCUT2D eigenvalue weighted by Gasteiger charge is -2.39. The van der Waals surface area contributed by atoms with Gasteiger partial charge in [-0.15, -0.1) is 0 Å². The van der Waals surface area contributed by atoms with Crippen molar-refractivity contribution >= 4 is 34.9 Å². The van der Waals surface area contributed by atoms with E-state index in [4.69, 9.17) is 18.0 Å². The summed E-state index contributed by atoms with van der Waals surface area (Å²) in [5.41, 5.74) is 5.82. The predicted molar refractivity (Wildman–Crippen MR) is 75.3 cm³/mol. The van der Waals surface area contributed by atoms with Crippen molar-refractivity contribution in [2.75, 3.05) is 33.0 Å². The van der Waals surface area contributed by atoms with Crippen molar-refractivity contribution in [3.63, 3.8) is 0 Å². The van der Waals surface area contributed by atoms with Crippen molar-refractivity contribution < 1.29 is 9.53 Å². The molecule has 4 nitrogen and oxygen atoms in total. The Hall–Kier alpha value is -0.330. The number of rotatable bonds is 5. The molecule has 0 aliphatic carbocycles.